The second-order valence-corrected chi connectivity index (χ2v) is 7.14. The van der Waals surface area contributed by atoms with Gasteiger partial charge in [-0.15, -0.1) is 11.8 Å². The van der Waals surface area contributed by atoms with Crippen molar-refractivity contribution in [1.29, 1.82) is 0 Å². The van der Waals surface area contributed by atoms with Crippen molar-refractivity contribution in [3.63, 3.8) is 0 Å². The number of unbranched alkanes of at least 4 members (excludes halogenated alkanes) is 4. The molecule has 2 nitrogen and oxygen atoms in total. The Bertz CT molecular complexity index is 408. The summed E-state index contributed by atoms with van der Waals surface area (Å²) in [6.45, 7) is 8.20. The van der Waals surface area contributed by atoms with Gasteiger partial charge in [0.15, 0.2) is 0 Å². The fourth-order valence-electron chi connectivity index (χ4n) is 2.41. The van der Waals surface area contributed by atoms with E-state index in [1.807, 2.05) is 11.8 Å². The number of hydrogen-bond donors (Lipinski definition) is 2. The third kappa shape index (κ3) is 7.66. The van der Waals surface area contributed by atoms with E-state index < -0.39 is 6.10 Å². The SMILES string of the molecule is CCCCCCSc1ccc(C(O)CNCCCC)cc1C. The summed E-state index contributed by atoms with van der Waals surface area (Å²) in [5.74, 6) is 1.20. The molecular formula is C19H33NOS. The van der Waals surface area contributed by atoms with Crippen molar-refractivity contribution >= 4 is 11.8 Å². The molecular weight excluding hydrogens is 290 g/mol. The summed E-state index contributed by atoms with van der Waals surface area (Å²) in [6.07, 6.45) is 7.22. The Balaban J connectivity index is 2.40. The lowest BCUT2D eigenvalue weighted by atomic mass is 10.1. The number of nitrogens with one attached hydrogen (secondary N) is 1. The van der Waals surface area contributed by atoms with E-state index in [0.717, 1.165) is 12.1 Å². The highest BCUT2D eigenvalue weighted by atomic mass is 32.2. The lowest BCUT2D eigenvalue weighted by Crippen LogP contribution is -2.22. The predicted octanol–water partition coefficient (Wildman–Crippen LogP) is 5.09. The van der Waals surface area contributed by atoms with Gasteiger partial charge in [-0.25, -0.2) is 0 Å². The first-order valence-electron chi connectivity index (χ1n) is 8.81. The molecule has 126 valence electrons. The van der Waals surface area contributed by atoms with Crippen LogP contribution < -0.4 is 5.32 Å². The van der Waals surface area contributed by atoms with Gasteiger partial charge < -0.3 is 10.4 Å². The van der Waals surface area contributed by atoms with E-state index in [4.69, 9.17) is 0 Å². The van der Waals surface area contributed by atoms with Crippen molar-refractivity contribution in [2.45, 2.75) is 70.3 Å². The maximum Gasteiger partial charge on any atom is 0.0914 e. The molecule has 0 saturated heterocycles. The second kappa shape index (κ2) is 12.0. The van der Waals surface area contributed by atoms with Crippen LogP contribution in [-0.2, 0) is 0 Å². The summed E-state index contributed by atoms with van der Waals surface area (Å²) in [7, 11) is 0. The van der Waals surface area contributed by atoms with Crippen molar-refractivity contribution in [1.82, 2.24) is 5.32 Å². The Morgan fingerprint density at radius 3 is 2.55 bits per heavy atom. The van der Waals surface area contributed by atoms with E-state index in [9.17, 15) is 5.11 Å². The van der Waals surface area contributed by atoms with Gasteiger partial charge in [0, 0.05) is 11.4 Å². The molecule has 1 unspecified atom stereocenters. The molecule has 0 fully saturated rings. The number of aliphatic hydroxyl groups is 1. The van der Waals surface area contributed by atoms with Crippen LogP contribution in [0.5, 0.6) is 0 Å². The molecule has 0 radical (unpaired) electrons. The normalized spacial score (nSPS) is 12.5. The minimum atomic E-state index is -0.404. The Hall–Kier alpha value is -0.510. The molecule has 3 heteroatoms. The number of rotatable bonds is 12. The van der Waals surface area contributed by atoms with E-state index in [0.29, 0.717) is 6.54 Å². The van der Waals surface area contributed by atoms with E-state index in [1.165, 1.54) is 54.7 Å². The van der Waals surface area contributed by atoms with Crippen LogP contribution in [0.1, 0.15) is 69.6 Å². The fraction of sp³-hybridized carbons (Fsp3) is 0.684. The average molecular weight is 324 g/mol. The molecule has 2 N–H and O–H groups in total. The van der Waals surface area contributed by atoms with Crippen LogP contribution >= 0.6 is 11.8 Å². The third-order valence-corrected chi connectivity index (χ3v) is 5.15. The summed E-state index contributed by atoms with van der Waals surface area (Å²) in [6, 6.07) is 6.39. The second-order valence-electron chi connectivity index (χ2n) is 6.01. The van der Waals surface area contributed by atoms with Crippen LogP contribution in [0.15, 0.2) is 23.1 Å². The number of benzene rings is 1. The van der Waals surface area contributed by atoms with Gasteiger partial charge in [-0.2, -0.15) is 0 Å². The molecule has 0 aliphatic carbocycles. The van der Waals surface area contributed by atoms with Gasteiger partial charge in [-0.05, 0) is 49.3 Å². The van der Waals surface area contributed by atoms with Crippen LogP contribution in [0.3, 0.4) is 0 Å². The largest absolute Gasteiger partial charge is 0.387 e. The van der Waals surface area contributed by atoms with Gasteiger partial charge in [0.2, 0.25) is 0 Å². The van der Waals surface area contributed by atoms with Gasteiger partial charge in [-0.3, -0.25) is 0 Å². The summed E-state index contributed by atoms with van der Waals surface area (Å²) >= 11 is 1.95. The highest BCUT2D eigenvalue weighted by Crippen LogP contribution is 2.26. The summed E-state index contributed by atoms with van der Waals surface area (Å²) < 4.78 is 0. The highest BCUT2D eigenvalue weighted by molar-refractivity contribution is 7.99. The maximum absolute atomic E-state index is 10.2. The van der Waals surface area contributed by atoms with Crippen molar-refractivity contribution in [3.8, 4) is 0 Å². The zero-order valence-electron chi connectivity index (χ0n) is 14.5. The van der Waals surface area contributed by atoms with Gasteiger partial charge in [-0.1, -0.05) is 51.7 Å². The quantitative estimate of drug-likeness (QED) is 0.415. The first-order chi connectivity index (χ1) is 10.7. The van der Waals surface area contributed by atoms with Gasteiger partial charge in [0.1, 0.15) is 0 Å². The molecule has 0 heterocycles. The van der Waals surface area contributed by atoms with Crippen molar-refractivity contribution in [2.24, 2.45) is 0 Å². The molecule has 0 amide bonds. The first-order valence-corrected chi connectivity index (χ1v) is 9.79. The van der Waals surface area contributed by atoms with Crippen molar-refractivity contribution < 1.29 is 5.11 Å². The van der Waals surface area contributed by atoms with Crippen LogP contribution in [-0.4, -0.2) is 23.9 Å². The zero-order chi connectivity index (χ0) is 16.2. The Labute approximate surface area is 141 Å². The standard InChI is InChI=1S/C19H33NOS/c1-4-6-8-9-13-22-19-11-10-17(14-16(19)3)18(21)15-20-12-7-5-2/h10-11,14,18,20-21H,4-9,12-13,15H2,1-3H3. The number of aliphatic hydroxyl groups excluding tert-OH is 1. The Morgan fingerprint density at radius 2 is 1.86 bits per heavy atom. The Morgan fingerprint density at radius 1 is 1.09 bits per heavy atom. The van der Waals surface area contributed by atoms with Crippen LogP contribution in [0, 0.1) is 6.92 Å². The monoisotopic (exact) mass is 323 g/mol. The smallest absolute Gasteiger partial charge is 0.0914 e. The first kappa shape index (κ1) is 19.5. The summed E-state index contributed by atoms with van der Waals surface area (Å²) in [5.41, 5.74) is 2.31. The van der Waals surface area contributed by atoms with Gasteiger partial charge >= 0.3 is 0 Å². The Kier molecular flexibility index (Phi) is 10.6. The van der Waals surface area contributed by atoms with Crippen molar-refractivity contribution in [2.75, 3.05) is 18.8 Å². The fourth-order valence-corrected chi connectivity index (χ4v) is 3.43. The van der Waals surface area contributed by atoms with Crippen LogP contribution in [0.25, 0.3) is 0 Å². The lowest BCUT2D eigenvalue weighted by Gasteiger charge is -2.14. The van der Waals surface area contributed by atoms with E-state index in [-0.39, 0.29) is 0 Å². The number of hydrogen-bond acceptors (Lipinski definition) is 3. The molecule has 1 aromatic rings. The van der Waals surface area contributed by atoms with E-state index in [2.05, 4.69) is 44.3 Å². The highest BCUT2D eigenvalue weighted by Gasteiger charge is 2.09. The molecule has 0 aromatic heterocycles. The zero-order valence-corrected chi connectivity index (χ0v) is 15.3. The molecule has 0 spiro atoms. The lowest BCUT2D eigenvalue weighted by molar-refractivity contribution is 0.174. The molecule has 1 rings (SSSR count). The molecule has 22 heavy (non-hydrogen) atoms. The average Bonchev–Trinajstić information content (AvgIpc) is 2.52. The summed E-state index contributed by atoms with van der Waals surface area (Å²) in [4.78, 5) is 1.35. The van der Waals surface area contributed by atoms with Gasteiger partial charge in [0.05, 0.1) is 6.10 Å². The molecule has 0 aliphatic rings. The molecule has 0 bridgehead atoms. The third-order valence-electron chi connectivity index (χ3n) is 3.88. The number of aryl methyl sites for hydroxylation is 1. The van der Waals surface area contributed by atoms with Crippen LogP contribution in [0.2, 0.25) is 0 Å². The summed E-state index contributed by atoms with van der Waals surface area (Å²) in [5, 5.41) is 13.6. The molecule has 0 saturated carbocycles. The topological polar surface area (TPSA) is 32.3 Å². The van der Waals surface area contributed by atoms with E-state index in [1.54, 1.807) is 0 Å². The van der Waals surface area contributed by atoms with Crippen LogP contribution in [0.4, 0.5) is 0 Å². The van der Waals surface area contributed by atoms with Crippen molar-refractivity contribution in [3.05, 3.63) is 29.3 Å². The number of thioether (sulfide) groups is 1. The molecule has 1 aromatic carbocycles. The van der Waals surface area contributed by atoms with Gasteiger partial charge in [0.25, 0.3) is 0 Å². The van der Waals surface area contributed by atoms with E-state index >= 15 is 0 Å². The molecule has 0 aliphatic heterocycles. The minimum absolute atomic E-state index is 0.404. The minimum Gasteiger partial charge on any atom is -0.387 e. The predicted molar refractivity (Wildman–Crippen MR) is 98.8 cm³/mol. The maximum atomic E-state index is 10.2. The molecule has 1 atom stereocenters.